The fraction of sp³-hybridized carbons (Fsp3) is 0.360. The number of rotatable bonds is 7. The van der Waals surface area contributed by atoms with Crippen LogP contribution < -0.4 is 4.74 Å². The van der Waals surface area contributed by atoms with E-state index in [1.165, 1.54) is 17.0 Å². The van der Waals surface area contributed by atoms with Gasteiger partial charge >= 0.3 is 0 Å². The molecule has 32 heavy (non-hydrogen) atoms. The van der Waals surface area contributed by atoms with Crippen LogP contribution in [-0.2, 0) is 20.7 Å². The number of likely N-dealkylation sites (tertiary alicyclic amines) is 1. The Morgan fingerprint density at radius 1 is 1.22 bits per heavy atom. The number of carbonyl (C=O) groups is 2. The number of aliphatic hydroxyl groups is 1. The fourth-order valence-corrected chi connectivity index (χ4v) is 4.20. The minimum atomic E-state index is -0.800. The summed E-state index contributed by atoms with van der Waals surface area (Å²) in [5.74, 6) is -0.860. The number of Topliss-reactive ketones (excluding diaryl/α,β-unsaturated/α-hetero) is 1. The first-order valence-corrected chi connectivity index (χ1v) is 10.8. The Balaban J connectivity index is 1.74. The molecule has 1 saturated heterocycles. The van der Waals surface area contributed by atoms with Gasteiger partial charge in [-0.05, 0) is 61.7 Å². The molecule has 2 aromatic rings. The van der Waals surface area contributed by atoms with Crippen molar-refractivity contribution < 1.29 is 29.3 Å². The van der Waals surface area contributed by atoms with Crippen molar-refractivity contribution in [1.29, 1.82) is 0 Å². The molecule has 0 radical (unpaired) electrons. The zero-order valence-corrected chi connectivity index (χ0v) is 18.2. The van der Waals surface area contributed by atoms with Gasteiger partial charge in [0.05, 0.1) is 24.3 Å². The molecule has 0 aliphatic carbocycles. The standard InChI is InChI=1S/C25H27NO6/c1-15(2)31-11-4-10-26-22(17-5-3-6-19(27)14-17)21(24(29)25(26)30)23(28)18-7-8-20-16(13-18)9-12-32-20/h3,5-8,13-15,22,27-28H,4,9-12H2,1-2H3/b23-21-. The Bertz CT molecular complexity index is 1070. The third kappa shape index (κ3) is 4.21. The number of carbonyl (C=O) groups excluding carboxylic acids is 2. The van der Waals surface area contributed by atoms with E-state index in [2.05, 4.69) is 0 Å². The van der Waals surface area contributed by atoms with E-state index in [0.717, 1.165) is 17.7 Å². The summed E-state index contributed by atoms with van der Waals surface area (Å²) in [5, 5.41) is 21.2. The third-order valence-electron chi connectivity index (χ3n) is 5.68. The molecule has 0 spiro atoms. The van der Waals surface area contributed by atoms with E-state index in [-0.39, 0.29) is 29.7 Å². The molecule has 1 unspecified atom stereocenters. The molecular weight excluding hydrogens is 410 g/mol. The monoisotopic (exact) mass is 437 g/mol. The lowest BCUT2D eigenvalue weighted by atomic mass is 9.94. The van der Waals surface area contributed by atoms with Gasteiger partial charge in [-0.3, -0.25) is 9.59 Å². The zero-order chi connectivity index (χ0) is 22.8. The van der Waals surface area contributed by atoms with Crippen LogP contribution in [0.15, 0.2) is 48.0 Å². The van der Waals surface area contributed by atoms with Crippen LogP contribution in [0.3, 0.4) is 0 Å². The molecule has 1 fully saturated rings. The highest BCUT2D eigenvalue weighted by Gasteiger charge is 2.46. The second-order valence-corrected chi connectivity index (χ2v) is 8.28. The minimum absolute atomic E-state index is 0.0178. The van der Waals surface area contributed by atoms with Gasteiger partial charge in [0.25, 0.3) is 11.7 Å². The summed E-state index contributed by atoms with van der Waals surface area (Å²) in [5.41, 5.74) is 1.98. The number of hydrogen-bond donors (Lipinski definition) is 2. The van der Waals surface area contributed by atoms with Gasteiger partial charge in [-0.15, -0.1) is 0 Å². The second kappa shape index (κ2) is 9.04. The third-order valence-corrected chi connectivity index (χ3v) is 5.68. The Labute approximate surface area is 186 Å². The van der Waals surface area contributed by atoms with Crippen molar-refractivity contribution >= 4 is 17.4 Å². The van der Waals surface area contributed by atoms with Crippen LogP contribution in [0, 0.1) is 0 Å². The smallest absolute Gasteiger partial charge is 0.295 e. The van der Waals surface area contributed by atoms with Crippen LogP contribution >= 0.6 is 0 Å². The maximum atomic E-state index is 13.0. The van der Waals surface area contributed by atoms with E-state index in [9.17, 15) is 19.8 Å². The number of amides is 1. The first-order chi connectivity index (χ1) is 15.4. The lowest BCUT2D eigenvalue weighted by molar-refractivity contribution is -0.140. The van der Waals surface area contributed by atoms with Crippen molar-refractivity contribution in [3.8, 4) is 11.5 Å². The molecule has 2 heterocycles. The summed E-state index contributed by atoms with van der Waals surface area (Å²) >= 11 is 0. The number of ether oxygens (including phenoxy) is 2. The molecule has 2 aromatic carbocycles. The summed E-state index contributed by atoms with van der Waals surface area (Å²) in [7, 11) is 0. The van der Waals surface area contributed by atoms with Crippen molar-refractivity contribution in [3.05, 3.63) is 64.7 Å². The van der Waals surface area contributed by atoms with E-state index in [1.807, 2.05) is 13.8 Å². The molecule has 2 aliphatic heterocycles. The lowest BCUT2D eigenvalue weighted by Crippen LogP contribution is -2.31. The number of aromatic hydroxyl groups is 1. The molecule has 4 rings (SSSR count). The highest BCUT2D eigenvalue weighted by atomic mass is 16.5. The van der Waals surface area contributed by atoms with Crippen molar-refractivity contribution in [2.75, 3.05) is 19.8 Å². The molecule has 0 bridgehead atoms. The van der Waals surface area contributed by atoms with Gasteiger partial charge in [-0.2, -0.15) is 0 Å². The zero-order valence-electron chi connectivity index (χ0n) is 18.2. The molecule has 1 amide bonds. The molecule has 168 valence electrons. The molecule has 7 nitrogen and oxygen atoms in total. The number of nitrogens with zero attached hydrogens (tertiary/aromatic N) is 1. The predicted molar refractivity (Wildman–Crippen MR) is 118 cm³/mol. The number of hydrogen-bond acceptors (Lipinski definition) is 6. The van der Waals surface area contributed by atoms with Crippen molar-refractivity contribution in [2.24, 2.45) is 0 Å². The lowest BCUT2D eigenvalue weighted by Gasteiger charge is -2.25. The predicted octanol–water partition coefficient (Wildman–Crippen LogP) is 3.56. The van der Waals surface area contributed by atoms with E-state index in [0.29, 0.717) is 30.8 Å². The molecule has 1 atom stereocenters. The first-order valence-electron chi connectivity index (χ1n) is 10.8. The maximum Gasteiger partial charge on any atom is 0.295 e. The van der Waals surface area contributed by atoms with Crippen LogP contribution in [-0.4, -0.2) is 52.7 Å². The quantitative estimate of drug-likeness (QED) is 0.298. The number of benzene rings is 2. The van der Waals surface area contributed by atoms with Crippen LogP contribution in [0.5, 0.6) is 11.5 Å². The summed E-state index contributed by atoms with van der Waals surface area (Å²) in [6.45, 7) is 5.16. The second-order valence-electron chi connectivity index (χ2n) is 8.28. The highest BCUT2D eigenvalue weighted by Crippen LogP contribution is 2.41. The van der Waals surface area contributed by atoms with E-state index < -0.39 is 17.7 Å². The summed E-state index contributed by atoms with van der Waals surface area (Å²) < 4.78 is 11.1. The van der Waals surface area contributed by atoms with Gasteiger partial charge in [0.15, 0.2) is 0 Å². The number of ketones is 1. The van der Waals surface area contributed by atoms with Gasteiger partial charge in [-0.25, -0.2) is 0 Å². The van der Waals surface area contributed by atoms with Crippen LogP contribution in [0.1, 0.15) is 43.0 Å². The van der Waals surface area contributed by atoms with Crippen molar-refractivity contribution in [2.45, 2.75) is 38.8 Å². The highest BCUT2D eigenvalue weighted by molar-refractivity contribution is 6.46. The van der Waals surface area contributed by atoms with Crippen molar-refractivity contribution in [3.63, 3.8) is 0 Å². The SMILES string of the molecule is CC(C)OCCCN1C(=O)C(=O)/C(=C(\O)c2ccc3c(c2)CCO3)C1c1cccc(O)c1. The summed E-state index contributed by atoms with van der Waals surface area (Å²) in [6.07, 6.45) is 1.32. The Kier molecular flexibility index (Phi) is 6.19. The van der Waals surface area contributed by atoms with Crippen LogP contribution in [0.25, 0.3) is 5.76 Å². The van der Waals surface area contributed by atoms with E-state index >= 15 is 0 Å². The van der Waals surface area contributed by atoms with Crippen molar-refractivity contribution in [1.82, 2.24) is 4.90 Å². The number of fused-ring (bicyclic) bond motifs is 1. The maximum absolute atomic E-state index is 13.0. The number of aliphatic hydroxyl groups excluding tert-OH is 1. The topological polar surface area (TPSA) is 96.3 Å². The average Bonchev–Trinajstić information content (AvgIpc) is 3.33. The fourth-order valence-electron chi connectivity index (χ4n) is 4.20. The number of phenols is 1. The summed E-state index contributed by atoms with van der Waals surface area (Å²) in [4.78, 5) is 27.4. The van der Waals surface area contributed by atoms with Gasteiger partial charge in [0.2, 0.25) is 0 Å². The minimum Gasteiger partial charge on any atom is -0.508 e. The summed E-state index contributed by atoms with van der Waals surface area (Å²) in [6, 6.07) is 10.9. The molecule has 0 saturated carbocycles. The molecular formula is C25H27NO6. The van der Waals surface area contributed by atoms with Crippen LogP contribution in [0.4, 0.5) is 0 Å². The normalized spacial score (nSPS) is 19.5. The van der Waals surface area contributed by atoms with Gasteiger partial charge in [0.1, 0.15) is 17.3 Å². The Morgan fingerprint density at radius 3 is 2.78 bits per heavy atom. The van der Waals surface area contributed by atoms with Crippen LogP contribution in [0.2, 0.25) is 0 Å². The van der Waals surface area contributed by atoms with Gasteiger partial charge in [0, 0.05) is 25.1 Å². The number of phenolic OH excluding ortho intramolecular Hbond substituents is 1. The van der Waals surface area contributed by atoms with E-state index in [4.69, 9.17) is 9.47 Å². The molecule has 7 heteroatoms. The molecule has 2 aliphatic rings. The van der Waals surface area contributed by atoms with E-state index in [1.54, 1.807) is 30.3 Å². The molecule has 2 N–H and O–H groups in total. The molecule has 0 aromatic heterocycles. The van der Waals surface area contributed by atoms with Gasteiger partial charge in [-0.1, -0.05) is 12.1 Å². The Morgan fingerprint density at radius 2 is 2.03 bits per heavy atom. The largest absolute Gasteiger partial charge is 0.508 e. The first kappa shape index (κ1) is 21.9. The van der Waals surface area contributed by atoms with Gasteiger partial charge < -0.3 is 24.6 Å². The average molecular weight is 437 g/mol. The Hall–Kier alpha value is -3.32.